The minimum atomic E-state index is -1.28. The number of aromatic carboxylic acids is 1. The monoisotopic (exact) mass is 262 g/mol. The molecule has 1 aromatic carbocycles. The normalized spacial score (nSPS) is 12.5. The van der Waals surface area contributed by atoms with E-state index >= 15 is 0 Å². The van der Waals surface area contributed by atoms with Crippen LogP contribution >= 0.6 is 15.9 Å². The van der Waals surface area contributed by atoms with Crippen LogP contribution in [-0.4, -0.2) is 21.5 Å². The van der Waals surface area contributed by atoms with Gasteiger partial charge in [-0.15, -0.1) is 0 Å². The van der Waals surface area contributed by atoms with Crippen LogP contribution in [0.25, 0.3) is 0 Å². The highest BCUT2D eigenvalue weighted by atomic mass is 79.9. The van der Waals surface area contributed by atoms with Crippen molar-refractivity contribution in [2.45, 2.75) is 4.90 Å². The highest BCUT2D eigenvalue weighted by molar-refractivity contribution is 9.10. The van der Waals surface area contributed by atoms with Gasteiger partial charge in [0.25, 0.3) is 0 Å². The van der Waals surface area contributed by atoms with Gasteiger partial charge in [0, 0.05) is 10.7 Å². The Labute approximate surface area is 86.4 Å². The van der Waals surface area contributed by atoms with Gasteiger partial charge in [0.15, 0.2) is 0 Å². The lowest BCUT2D eigenvalue weighted by Gasteiger charge is -2.02. The van der Waals surface area contributed by atoms with E-state index in [1.165, 1.54) is 12.3 Å². The molecule has 1 atom stereocenters. The fourth-order valence-electron chi connectivity index (χ4n) is 0.911. The highest BCUT2D eigenvalue weighted by Crippen LogP contribution is 2.19. The first-order valence-electron chi connectivity index (χ1n) is 3.38. The van der Waals surface area contributed by atoms with E-state index in [9.17, 15) is 9.00 Å². The van der Waals surface area contributed by atoms with E-state index in [4.69, 9.17) is 5.11 Å². The molecule has 0 radical (unpaired) electrons. The van der Waals surface area contributed by atoms with Crippen molar-refractivity contribution in [3.8, 4) is 0 Å². The van der Waals surface area contributed by atoms with Crippen molar-refractivity contribution >= 4 is 32.7 Å². The van der Waals surface area contributed by atoms with E-state index < -0.39 is 16.8 Å². The summed E-state index contributed by atoms with van der Waals surface area (Å²) in [6.07, 6.45) is 1.45. The van der Waals surface area contributed by atoms with E-state index in [0.717, 1.165) is 4.47 Å². The molecular weight excluding hydrogens is 256 g/mol. The van der Waals surface area contributed by atoms with Crippen LogP contribution in [-0.2, 0) is 10.8 Å². The second-order valence-electron chi connectivity index (χ2n) is 2.40. The Bertz CT molecular complexity index is 376. The van der Waals surface area contributed by atoms with Crippen molar-refractivity contribution in [1.82, 2.24) is 0 Å². The van der Waals surface area contributed by atoms with Gasteiger partial charge in [-0.2, -0.15) is 0 Å². The third-order valence-corrected chi connectivity index (χ3v) is 2.93. The topological polar surface area (TPSA) is 54.4 Å². The third-order valence-electron chi connectivity index (χ3n) is 1.48. The summed E-state index contributed by atoms with van der Waals surface area (Å²) in [6, 6.07) is 4.60. The fraction of sp³-hybridized carbons (Fsp3) is 0.125. The van der Waals surface area contributed by atoms with Gasteiger partial charge in [-0.1, -0.05) is 15.9 Å². The van der Waals surface area contributed by atoms with Gasteiger partial charge in [-0.3, -0.25) is 4.21 Å². The maximum absolute atomic E-state index is 11.1. The molecule has 70 valence electrons. The summed E-state index contributed by atoms with van der Waals surface area (Å²) in [6.45, 7) is 0. The zero-order valence-corrected chi connectivity index (χ0v) is 9.18. The largest absolute Gasteiger partial charge is 0.478 e. The van der Waals surface area contributed by atoms with E-state index in [2.05, 4.69) is 15.9 Å². The Balaban J connectivity index is 3.35. The van der Waals surface area contributed by atoms with Gasteiger partial charge < -0.3 is 5.11 Å². The first kappa shape index (κ1) is 10.4. The van der Waals surface area contributed by atoms with Crippen LogP contribution in [0.2, 0.25) is 0 Å². The Hall–Kier alpha value is -0.680. The SMILES string of the molecule is CS(=O)c1cc(Br)ccc1C(=O)O. The smallest absolute Gasteiger partial charge is 0.336 e. The summed E-state index contributed by atoms with van der Waals surface area (Å²) in [4.78, 5) is 11.0. The second-order valence-corrected chi connectivity index (χ2v) is 4.66. The molecule has 0 aliphatic heterocycles. The van der Waals surface area contributed by atoms with Gasteiger partial charge >= 0.3 is 5.97 Å². The Morgan fingerprint density at radius 3 is 2.62 bits per heavy atom. The lowest BCUT2D eigenvalue weighted by molar-refractivity contribution is 0.0693. The van der Waals surface area contributed by atoms with E-state index in [-0.39, 0.29) is 5.56 Å². The number of carbonyl (C=O) groups is 1. The van der Waals surface area contributed by atoms with Crippen LogP contribution < -0.4 is 0 Å². The molecule has 0 bridgehead atoms. The predicted molar refractivity (Wildman–Crippen MR) is 53.4 cm³/mol. The van der Waals surface area contributed by atoms with Crippen LogP contribution in [0.5, 0.6) is 0 Å². The van der Waals surface area contributed by atoms with Crippen molar-refractivity contribution in [3.05, 3.63) is 28.2 Å². The molecule has 0 aliphatic rings. The molecule has 0 saturated heterocycles. The van der Waals surface area contributed by atoms with Crippen molar-refractivity contribution in [1.29, 1.82) is 0 Å². The molecule has 1 N–H and O–H groups in total. The molecular formula is C8H7BrO3S. The zero-order chi connectivity index (χ0) is 10.0. The molecule has 5 heteroatoms. The lowest BCUT2D eigenvalue weighted by atomic mass is 10.2. The van der Waals surface area contributed by atoms with Crippen molar-refractivity contribution < 1.29 is 14.1 Å². The van der Waals surface area contributed by atoms with Gasteiger partial charge in [0.05, 0.1) is 21.3 Å². The van der Waals surface area contributed by atoms with Crippen molar-refractivity contribution in [2.24, 2.45) is 0 Å². The number of benzene rings is 1. The first-order chi connectivity index (χ1) is 6.02. The molecule has 1 aromatic rings. The van der Waals surface area contributed by atoms with Crippen LogP contribution in [0.15, 0.2) is 27.6 Å². The first-order valence-corrected chi connectivity index (χ1v) is 5.73. The minimum Gasteiger partial charge on any atom is -0.478 e. The van der Waals surface area contributed by atoms with Gasteiger partial charge in [-0.05, 0) is 18.2 Å². The predicted octanol–water partition coefficient (Wildman–Crippen LogP) is 1.88. The maximum Gasteiger partial charge on any atom is 0.336 e. The van der Waals surface area contributed by atoms with Crippen LogP contribution in [0.1, 0.15) is 10.4 Å². The zero-order valence-electron chi connectivity index (χ0n) is 6.78. The molecule has 1 rings (SSSR count). The van der Waals surface area contributed by atoms with E-state index in [1.54, 1.807) is 12.1 Å². The fourth-order valence-corrected chi connectivity index (χ4v) is 2.18. The molecule has 0 fully saturated rings. The van der Waals surface area contributed by atoms with Crippen molar-refractivity contribution in [2.75, 3.05) is 6.26 Å². The summed E-state index contributed by atoms with van der Waals surface area (Å²) in [7, 11) is -1.28. The summed E-state index contributed by atoms with van der Waals surface area (Å²) in [5.41, 5.74) is 0.0871. The van der Waals surface area contributed by atoms with Gasteiger partial charge in [0.2, 0.25) is 0 Å². The molecule has 1 unspecified atom stereocenters. The highest BCUT2D eigenvalue weighted by Gasteiger charge is 2.12. The van der Waals surface area contributed by atoms with Crippen LogP contribution in [0.3, 0.4) is 0 Å². The lowest BCUT2D eigenvalue weighted by Crippen LogP contribution is -2.03. The van der Waals surface area contributed by atoms with Gasteiger partial charge in [-0.25, -0.2) is 4.79 Å². The molecule has 0 heterocycles. The van der Waals surface area contributed by atoms with Crippen LogP contribution in [0.4, 0.5) is 0 Å². The molecule has 3 nitrogen and oxygen atoms in total. The summed E-state index contributed by atoms with van der Waals surface area (Å²) in [5.74, 6) is -1.06. The van der Waals surface area contributed by atoms with Gasteiger partial charge in [0.1, 0.15) is 0 Å². The number of carboxylic acids is 1. The van der Waals surface area contributed by atoms with Crippen molar-refractivity contribution in [3.63, 3.8) is 0 Å². The maximum atomic E-state index is 11.1. The number of hydrogen-bond acceptors (Lipinski definition) is 2. The summed E-state index contributed by atoms with van der Waals surface area (Å²) < 4.78 is 11.9. The number of rotatable bonds is 2. The molecule has 0 aromatic heterocycles. The third kappa shape index (κ3) is 2.38. The number of carboxylic acid groups (broad SMARTS) is 1. The summed E-state index contributed by atoms with van der Waals surface area (Å²) >= 11 is 3.19. The Morgan fingerprint density at radius 2 is 2.15 bits per heavy atom. The minimum absolute atomic E-state index is 0.0871. The molecule has 13 heavy (non-hydrogen) atoms. The quantitative estimate of drug-likeness (QED) is 0.886. The number of hydrogen-bond donors (Lipinski definition) is 1. The number of halogens is 1. The van der Waals surface area contributed by atoms with Crippen LogP contribution in [0, 0.1) is 0 Å². The molecule has 0 amide bonds. The summed E-state index contributed by atoms with van der Waals surface area (Å²) in [5, 5.41) is 8.76. The standard InChI is InChI=1S/C8H7BrO3S/c1-13(12)7-4-5(9)2-3-6(7)8(10)11/h2-4H,1H3,(H,10,11). The Morgan fingerprint density at radius 1 is 1.54 bits per heavy atom. The average Bonchev–Trinajstić information content (AvgIpc) is 2.03. The average molecular weight is 263 g/mol. The van der Waals surface area contributed by atoms with E-state index in [0.29, 0.717) is 4.90 Å². The Kier molecular flexibility index (Phi) is 3.22. The molecule has 0 aliphatic carbocycles. The van der Waals surface area contributed by atoms with E-state index in [1.807, 2.05) is 0 Å². The molecule has 0 spiro atoms. The molecule has 0 saturated carbocycles. The second kappa shape index (κ2) is 4.02.